The molecule has 0 heterocycles. The lowest BCUT2D eigenvalue weighted by Gasteiger charge is -2.29. The Morgan fingerprint density at radius 1 is 0.878 bits per heavy atom. The van der Waals surface area contributed by atoms with Crippen molar-refractivity contribution in [3.63, 3.8) is 0 Å². The van der Waals surface area contributed by atoms with Gasteiger partial charge in [0.05, 0.1) is 12.2 Å². The van der Waals surface area contributed by atoms with E-state index in [2.05, 4.69) is 25.6 Å². The van der Waals surface area contributed by atoms with Crippen molar-refractivity contribution >= 4 is 5.97 Å². The zero-order valence-corrected chi connectivity index (χ0v) is 23.8. The molecule has 3 aromatic rings. The molecule has 1 aliphatic rings. The topological polar surface area (TPSA) is 55.8 Å². The van der Waals surface area contributed by atoms with Gasteiger partial charge in [-0.15, -0.1) is 0 Å². The molecule has 218 valence electrons. The van der Waals surface area contributed by atoms with Crippen LogP contribution in [0.5, 0.6) is 5.75 Å². The molecule has 0 amide bonds. The first kappa shape index (κ1) is 30.4. The fraction of sp³-hybridized carbons (Fsp3) is 0.400. The Labute approximate surface area is 242 Å². The summed E-state index contributed by atoms with van der Waals surface area (Å²) in [6.45, 7) is 5.08. The Morgan fingerprint density at radius 2 is 1.54 bits per heavy atom. The van der Waals surface area contributed by atoms with Crippen LogP contribution in [0, 0.1) is 17.6 Å². The third-order valence-corrected chi connectivity index (χ3v) is 8.04. The molecule has 1 fully saturated rings. The quantitative estimate of drug-likeness (QED) is 0.129. The molecule has 0 aromatic heterocycles. The molecule has 0 saturated heterocycles. The second-order valence-corrected chi connectivity index (χ2v) is 10.9. The van der Waals surface area contributed by atoms with Crippen molar-refractivity contribution in [2.45, 2.75) is 64.2 Å². The van der Waals surface area contributed by atoms with E-state index in [1.807, 2.05) is 12.1 Å². The second kappa shape index (κ2) is 14.9. The van der Waals surface area contributed by atoms with Crippen molar-refractivity contribution in [2.75, 3.05) is 19.8 Å². The van der Waals surface area contributed by atoms with Crippen molar-refractivity contribution < 1.29 is 28.2 Å². The molecule has 41 heavy (non-hydrogen) atoms. The van der Waals surface area contributed by atoms with Gasteiger partial charge < -0.3 is 14.6 Å². The van der Waals surface area contributed by atoms with Gasteiger partial charge in [0.15, 0.2) is 0 Å². The van der Waals surface area contributed by atoms with Crippen LogP contribution in [0.2, 0.25) is 0 Å². The van der Waals surface area contributed by atoms with E-state index in [0.29, 0.717) is 17.0 Å². The molecule has 3 aromatic carbocycles. The highest BCUT2D eigenvalue weighted by atomic mass is 19.1. The summed E-state index contributed by atoms with van der Waals surface area (Å²) in [7, 11) is 0. The molecule has 0 bridgehead atoms. The van der Waals surface area contributed by atoms with Gasteiger partial charge in [-0.3, -0.25) is 0 Å². The minimum Gasteiger partial charge on any atom is -0.490 e. The normalized spacial score (nSPS) is 16.8. The third-order valence-electron chi connectivity index (χ3n) is 8.04. The summed E-state index contributed by atoms with van der Waals surface area (Å²) in [6, 6.07) is 17.3. The molecule has 4 nitrogen and oxygen atoms in total. The third kappa shape index (κ3) is 8.26. The first-order valence-corrected chi connectivity index (χ1v) is 14.7. The van der Waals surface area contributed by atoms with E-state index < -0.39 is 24.2 Å². The molecule has 4 rings (SSSR count). The maximum absolute atomic E-state index is 15.2. The van der Waals surface area contributed by atoms with Crippen molar-refractivity contribution in [1.29, 1.82) is 0 Å². The molecule has 0 radical (unpaired) electrons. The Kier molecular flexibility index (Phi) is 11.1. The van der Waals surface area contributed by atoms with Crippen LogP contribution < -0.4 is 4.74 Å². The van der Waals surface area contributed by atoms with Crippen molar-refractivity contribution in [2.24, 2.45) is 5.92 Å². The van der Waals surface area contributed by atoms with E-state index in [4.69, 9.17) is 14.6 Å². The van der Waals surface area contributed by atoms with E-state index in [-0.39, 0.29) is 30.1 Å². The van der Waals surface area contributed by atoms with E-state index >= 15 is 4.39 Å². The molecular weight excluding hydrogens is 522 g/mol. The van der Waals surface area contributed by atoms with Crippen LogP contribution in [0.3, 0.4) is 0 Å². The van der Waals surface area contributed by atoms with Crippen LogP contribution in [0.4, 0.5) is 8.78 Å². The number of unbranched alkanes of at least 4 members (excludes halogenated alkanes) is 2. The lowest BCUT2D eigenvalue weighted by atomic mass is 9.77. The number of hydrogen-bond donors (Lipinski definition) is 1. The van der Waals surface area contributed by atoms with Gasteiger partial charge >= 0.3 is 5.97 Å². The summed E-state index contributed by atoms with van der Waals surface area (Å²) in [5.41, 5.74) is 3.25. The van der Waals surface area contributed by atoms with Gasteiger partial charge in [0, 0.05) is 17.2 Å². The summed E-state index contributed by atoms with van der Waals surface area (Å²) in [6.07, 6.45) is 10.4. The fourth-order valence-corrected chi connectivity index (χ4v) is 5.60. The summed E-state index contributed by atoms with van der Waals surface area (Å²) >= 11 is 0. The van der Waals surface area contributed by atoms with Crippen LogP contribution in [-0.4, -0.2) is 30.9 Å². The van der Waals surface area contributed by atoms with Crippen molar-refractivity contribution in [1.82, 2.24) is 0 Å². The fourth-order valence-electron chi connectivity index (χ4n) is 5.60. The Morgan fingerprint density at radius 3 is 2.20 bits per heavy atom. The van der Waals surface area contributed by atoms with Gasteiger partial charge in [-0.05, 0) is 72.4 Å². The van der Waals surface area contributed by atoms with Crippen LogP contribution in [-0.2, 0) is 9.53 Å². The minimum atomic E-state index is -0.713. The summed E-state index contributed by atoms with van der Waals surface area (Å²) < 4.78 is 40.4. The zero-order valence-electron chi connectivity index (χ0n) is 23.8. The lowest BCUT2D eigenvalue weighted by molar-refractivity contribution is -0.140. The number of ether oxygens (including phenoxy) is 2. The summed E-state index contributed by atoms with van der Waals surface area (Å²) in [5, 5.41) is 8.87. The summed E-state index contributed by atoms with van der Waals surface area (Å²) in [4.78, 5) is 11.5. The van der Waals surface area contributed by atoms with Gasteiger partial charge in [0.25, 0.3) is 0 Å². The number of esters is 1. The van der Waals surface area contributed by atoms with Gasteiger partial charge in [-0.2, -0.15) is 0 Å². The average molecular weight is 563 g/mol. The molecular formula is C35H40F2O4. The van der Waals surface area contributed by atoms with Gasteiger partial charge in [0.1, 0.15) is 30.6 Å². The Bertz CT molecular complexity index is 1310. The number of rotatable bonds is 13. The number of aliphatic hydroxyl groups excluding tert-OH is 1. The van der Waals surface area contributed by atoms with E-state index in [0.717, 1.165) is 11.5 Å². The molecule has 0 atom stereocenters. The minimum absolute atomic E-state index is 0.00562. The number of hydrogen-bond acceptors (Lipinski definition) is 4. The van der Waals surface area contributed by atoms with Crippen LogP contribution in [0.25, 0.3) is 22.3 Å². The highest BCUT2D eigenvalue weighted by Crippen LogP contribution is 2.39. The molecule has 6 heteroatoms. The molecule has 1 N–H and O–H groups in total. The Hall–Kier alpha value is -3.51. The predicted molar refractivity (Wildman–Crippen MR) is 159 cm³/mol. The van der Waals surface area contributed by atoms with E-state index in [1.165, 1.54) is 75.1 Å². The van der Waals surface area contributed by atoms with E-state index in [9.17, 15) is 9.18 Å². The van der Waals surface area contributed by atoms with Crippen LogP contribution >= 0.6 is 0 Å². The highest BCUT2D eigenvalue weighted by Gasteiger charge is 2.22. The van der Waals surface area contributed by atoms with Gasteiger partial charge in [0.2, 0.25) is 0 Å². The molecule has 0 spiro atoms. The van der Waals surface area contributed by atoms with Crippen LogP contribution in [0.1, 0.15) is 69.8 Å². The average Bonchev–Trinajstić information content (AvgIpc) is 2.99. The van der Waals surface area contributed by atoms with Crippen molar-refractivity contribution in [3.05, 3.63) is 90.0 Å². The highest BCUT2D eigenvalue weighted by molar-refractivity contribution is 5.87. The number of halogens is 2. The van der Waals surface area contributed by atoms with Gasteiger partial charge in [-0.1, -0.05) is 75.6 Å². The molecule has 0 unspecified atom stereocenters. The van der Waals surface area contributed by atoms with Crippen LogP contribution in [0.15, 0.2) is 72.8 Å². The summed E-state index contributed by atoms with van der Waals surface area (Å²) in [5.74, 6) is 0.0298. The first-order valence-electron chi connectivity index (χ1n) is 14.7. The standard InChI is InChI=1S/C35H40F2O4/c1-3-4-5-6-25-7-9-26(10-8-25)27-11-13-28(14-12-27)31-17-15-29(21-33(31)36)32-18-16-30(22-34(32)37)40-19-20-41-35(39)24(2)23-38/h11-18,21-22,25-26,38H,2-10,19-20,23H2,1H3. The number of aliphatic hydroxyl groups is 1. The monoisotopic (exact) mass is 562 g/mol. The molecule has 1 saturated carbocycles. The maximum Gasteiger partial charge on any atom is 0.335 e. The number of carbonyl (C=O) groups excluding carboxylic acids is 1. The second-order valence-electron chi connectivity index (χ2n) is 10.9. The predicted octanol–water partition coefficient (Wildman–Crippen LogP) is 8.62. The largest absolute Gasteiger partial charge is 0.490 e. The number of benzene rings is 3. The smallest absolute Gasteiger partial charge is 0.335 e. The zero-order chi connectivity index (χ0) is 29.2. The molecule has 0 aliphatic heterocycles. The van der Waals surface area contributed by atoms with Gasteiger partial charge in [-0.25, -0.2) is 13.6 Å². The first-order chi connectivity index (χ1) is 19.9. The van der Waals surface area contributed by atoms with Crippen molar-refractivity contribution in [3.8, 4) is 28.0 Å². The molecule has 1 aliphatic carbocycles. The Balaban J connectivity index is 1.34. The SMILES string of the molecule is C=C(CO)C(=O)OCCOc1ccc(-c2ccc(-c3ccc(C4CCC(CCCCC)CC4)cc3)c(F)c2)c(F)c1. The lowest BCUT2D eigenvalue weighted by Crippen LogP contribution is -2.15. The maximum atomic E-state index is 15.2. The van der Waals surface area contributed by atoms with E-state index in [1.54, 1.807) is 18.2 Å². The number of carbonyl (C=O) groups is 1.